The number of ether oxygens (including phenoxy) is 1. The van der Waals surface area contributed by atoms with Crippen LogP contribution in [0.2, 0.25) is 0 Å². The first kappa shape index (κ1) is 15.1. The summed E-state index contributed by atoms with van der Waals surface area (Å²) in [6, 6.07) is 4.33. The Morgan fingerprint density at radius 2 is 2.25 bits per heavy atom. The van der Waals surface area contributed by atoms with Gasteiger partial charge in [0.1, 0.15) is 12.4 Å². The second-order valence-electron chi connectivity index (χ2n) is 6.47. The van der Waals surface area contributed by atoms with Crippen LogP contribution in [0.3, 0.4) is 0 Å². The number of nitrogens with zero attached hydrogens (tertiary/aromatic N) is 4. The molecule has 2 aliphatic heterocycles. The third kappa shape index (κ3) is 2.54. The quantitative estimate of drug-likeness (QED) is 0.904. The van der Waals surface area contributed by atoms with Gasteiger partial charge in [-0.05, 0) is 44.0 Å². The molecule has 2 aliphatic rings. The second-order valence-corrected chi connectivity index (χ2v) is 6.47. The zero-order valence-electron chi connectivity index (χ0n) is 14.0. The summed E-state index contributed by atoms with van der Waals surface area (Å²) in [5.74, 6) is 0.661. The molecule has 1 atom stereocenters. The van der Waals surface area contributed by atoms with Crippen molar-refractivity contribution in [2.45, 2.75) is 26.3 Å². The first-order valence-corrected chi connectivity index (χ1v) is 8.32. The van der Waals surface area contributed by atoms with Crippen LogP contribution in [-0.4, -0.2) is 47.1 Å². The Morgan fingerprint density at radius 1 is 1.38 bits per heavy atom. The van der Waals surface area contributed by atoms with E-state index in [-0.39, 0.29) is 11.9 Å². The van der Waals surface area contributed by atoms with Crippen LogP contribution < -0.4 is 15.0 Å². The number of nitrogens with one attached hydrogen (secondary N) is 1. The molecule has 2 aromatic rings. The number of amides is 1. The van der Waals surface area contributed by atoms with E-state index >= 15 is 0 Å². The smallest absolute Gasteiger partial charge is 0.280 e. The highest BCUT2D eigenvalue weighted by atomic mass is 16.5. The molecule has 1 amide bonds. The largest absolute Gasteiger partial charge is 0.489 e. The third-order valence-electron chi connectivity index (χ3n) is 4.63. The Balaban J connectivity index is 1.64. The molecular formula is C17H21N5O2. The fourth-order valence-electron chi connectivity index (χ4n) is 3.45. The molecule has 7 nitrogen and oxygen atoms in total. The van der Waals surface area contributed by atoms with E-state index in [9.17, 15) is 4.79 Å². The summed E-state index contributed by atoms with van der Waals surface area (Å²) in [6.07, 6.45) is 2.77. The van der Waals surface area contributed by atoms with Gasteiger partial charge in [0.05, 0.1) is 24.5 Å². The molecule has 1 unspecified atom stereocenters. The van der Waals surface area contributed by atoms with E-state index in [0.717, 1.165) is 42.1 Å². The zero-order chi connectivity index (χ0) is 16.7. The normalized spacial score (nSPS) is 19.9. The number of aryl methyl sites for hydroxylation is 2. The van der Waals surface area contributed by atoms with Gasteiger partial charge in [0, 0.05) is 6.54 Å². The van der Waals surface area contributed by atoms with Crippen molar-refractivity contribution in [3.05, 3.63) is 35.2 Å². The lowest BCUT2D eigenvalue weighted by Gasteiger charge is -2.30. The van der Waals surface area contributed by atoms with Crippen LogP contribution in [-0.2, 0) is 0 Å². The van der Waals surface area contributed by atoms with Crippen molar-refractivity contribution in [1.82, 2.24) is 20.3 Å². The maximum absolute atomic E-state index is 13.0. The van der Waals surface area contributed by atoms with E-state index in [4.69, 9.17) is 4.74 Å². The fourth-order valence-corrected chi connectivity index (χ4v) is 3.45. The predicted molar refractivity (Wildman–Crippen MR) is 89.6 cm³/mol. The number of hydrogen-bond donors (Lipinski definition) is 1. The molecule has 126 valence electrons. The van der Waals surface area contributed by atoms with Crippen LogP contribution in [0.1, 0.15) is 34.1 Å². The Hall–Kier alpha value is -2.41. The lowest BCUT2D eigenvalue weighted by atomic mass is 10.1. The van der Waals surface area contributed by atoms with Gasteiger partial charge in [-0.25, -0.2) is 4.68 Å². The first-order valence-electron chi connectivity index (χ1n) is 8.32. The molecule has 0 radical (unpaired) electrons. The van der Waals surface area contributed by atoms with Gasteiger partial charge in [0.15, 0.2) is 5.69 Å². The van der Waals surface area contributed by atoms with Crippen LogP contribution >= 0.6 is 0 Å². The summed E-state index contributed by atoms with van der Waals surface area (Å²) in [5, 5.41) is 11.6. The molecule has 4 rings (SSSR count). The topological polar surface area (TPSA) is 72.3 Å². The van der Waals surface area contributed by atoms with Gasteiger partial charge < -0.3 is 10.1 Å². The summed E-state index contributed by atoms with van der Waals surface area (Å²) in [4.78, 5) is 14.7. The van der Waals surface area contributed by atoms with Crippen molar-refractivity contribution < 1.29 is 9.53 Å². The van der Waals surface area contributed by atoms with E-state index in [1.807, 2.05) is 19.9 Å². The van der Waals surface area contributed by atoms with E-state index in [1.54, 1.807) is 15.8 Å². The zero-order valence-corrected chi connectivity index (χ0v) is 14.0. The van der Waals surface area contributed by atoms with Crippen molar-refractivity contribution >= 4 is 11.6 Å². The SMILES string of the molecule is Cc1cc(C)c2c(c1)N(C(=O)c1cn(C3CCNC3)nn1)CCO2. The van der Waals surface area contributed by atoms with Crippen molar-refractivity contribution in [1.29, 1.82) is 0 Å². The highest BCUT2D eigenvalue weighted by molar-refractivity contribution is 6.05. The molecule has 7 heteroatoms. The molecule has 1 aromatic heterocycles. The van der Waals surface area contributed by atoms with Gasteiger partial charge >= 0.3 is 0 Å². The van der Waals surface area contributed by atoms with Crippen LogP contribution in [0.5, 0.6) is 5.75 Å². The molecule has 24 heavy (non-hydrogen) atoms. The van der Waals surface area contributed by atoms with Gasteiger partial charge in [0.2, 0.25) is 0 Å². The average molecular weight is 327 g/mol. The van der Waals surface area contributed by atoms with Crippen molar-refractivity contribution in [3.63, 3.8) is 0 Å². The highest BCUT2D eigenvalue weighted by Crippen LogP contribution is 2.36. The number of fused-ring (bicyclic) bond motifs is 1. The van der Waals surface area contributed by atoms with Crippen molar-refractivity contribution in [2.24, 2.45) is 0 Å². The molecule has 1 saturated heterocycles. The minimum absolute atomic E-state index is 0.123. The minimum atomic E-state index is -0.123. The second kappa shape index (κ2) is 5.90. The number of aromatic nitrogens is 3. The van der Waals surface area contributed by atoms with Gasteiger partial charge in [-0.15, -0.1) is 5.10 Å². The summed E-state index contributed by atoms with van der Waals surface area (Å²) in [6.45, 7) is 6.88. The molecule has 3 heterocycles. The molecule has 1 aromatic carbocycles. The number of carbonyl (C=O) groups excluding carboxylic acids is 1. The molecule has 0 saturated carbocycles. The van der Waals surface area contributed by atoms with Gasteiger partial charge in [0.25, 0.3) is 5.91 Å². The van der Waals surface area contributed by atoms with E-state index in [1.165, 1.54) is 0 Å². The molecule has 0 aliphatic carbocycles. The Kier molecular flexibility index (Phi) is 3.72. The van der Waals surface area contributed by atoms with Crippen LogP contribution in [0.25, 0.3) is 0 Å². The number of rotatable bonds is 2. The molecule has 0 bridgehead atoms. The molecule has 0 spiro atoms. The van der Waals surface area contributed by atoms with E-state index in [2.05, 4.69) is 21.7 Å². The molecular weight excluding hydrogens is 306 g/mol. The lowest BCUT2D eigenvalue weighted by Crippen LogP contribution is -2.38. The van der Waals surface area contributed by atoms with E-state index in [0.29, 0.717) is 18.8 Å². The number of anilines is 1. The summed E-state index contributed by atoms with van der Waals surface area (Å²) < 4.78 is 7.57. The van der Waals surface area contributed by atoms with Gasteiger partial charge in [-0.2, -0.15) is 0 Å². The van der Waals surface area contributed by atoms with E-state index < -0.39 is 0 Å². The van der Waals surface area contributed by atoms with Gasteiger partial charge in [-0.1, -0.05) is 11.3 Å². The standard InChI is InChI=1S/C17H21N5O2/c1-11-7-12(2)16-15(8-11)21(5-6-24-16)17(23)14-10-22(20-19-14)13-3-4-18-9-13/h7-8,10,13,18H,3-6,9H2,1-2H3. The Morgan fingerprint density at radius 3 is 3.04 bits per heavy atom. The Bertz CT molecular complexity index is 779. The summed E-state index contributed by atoms with van der Waals surface area (Å²) in [5.41, 5.74) is 3.35. The third-order valence-corrected chi connectivity index (χ3v) is 4.63. The van der Waals surface area contributed by atoms with Crippen LogP contribution in [0.15, 0.2) is 18.3 Å². The average Bonchev–Trinajstić information content (AvgIpc) is 3.25. The number of hydrogen-bond acceptors (Lipinski definition) is 5. The number of carbonyl (C=O) groups is 1. The molecule has 1 N–H and O–H groups in total. The maximum atomic E-state index is 13.0. The fraction of sp³-hybridized carbons (Fsp3) is 0.471. The van der Waals surface area contributed by atoms with Gasteiger partial charge in [-0.3, -0.25) is 9.69 Å². The summed E-state index contributed by atoms with van der Waals surface area (Å²) in [7, 11) is 0. The van der Waals surface area contributed by atoms with Crippen LogP contribution in [0.4, 0.5) is 5.69 Å². The first-order chi connectivity index (χ1) is 11.6. The minimum Gasteiger partial charge on any atom is -0.489 e. The molecule has 1 fully saturated rings. The maximum Gasteiger partial charge on any atom is 0.280 e. The monoisotopic (exact) mass is 327 g/mol. The highest BCUT2D eigenvalue weighted by Gasteiger charge is 2.28. The Labute approximate surface area is 140 Å². The predicted octanol–water partition coefficient (Wildman–Crippen LogP) is 1.47. The lowest BCUT2D eigenvalue weighted by molar-refractivity contribution is 0.0971. The van der Waals surface area contributed by atoms with Crippen LogP contribution in [0, 0.1) is 13.8 Å². The number of benzene rings is 1. The summed E-state index contributed by atoms with van der Waals surface area (Å²) >= 11 is 0. The van der Waals surface area contributed by atoms with Crippen molar-refractivity contribution in [2.75, 3.05) is 31.1 Å². The van der Waals surface area contributed by atoms with Crippen molar-refractivity contribution in [3.8, 4) is 5.75 Å².